The lowest BCUT2D eigenvalue weighted by atomic mass is 9.86. The Balaban J connectivity index is 0.740. The van der Waals surface area contributed by atoms with E-state index in [2.05, 4.69) is 46.1 Å². The third kappa shape index (κ3) is 7.98. The van der Waals surface area contributed by atoms with Gasteiger partial charge in [-0.2, -0.15) is 10.1 Å². The summed E-state index contributed by atoms with van der Waals surface area (Å²) in [5.74, 6) is -0.0988. The average Bonchev–Trinajstić information content (AvgIpc) is 4.00. The number of nitrogens with zero attached hydrogens (tertiary/aromatic N) is 9. The lowest BCUT2D eigenvalue weighted by molar-refractivity contribution is -0.137. The predicted octanol–water partition coefficient (Wildman–Crippen LogP) is 4.95. The van der Waals surface area contributed by atoms with E-state index in [4.69, 9.17) is 16.1 Å². The Morgan fingerprint density at radius 2 is 1.78 bits per heavy atom. The molecule has 0 bridgehead atoms. The molecule has 310 valence electrons. The van der Waals surface area contributed by atoms with Gasteiger partial charge in [-0.05, 0) is 55.5 Å². The van der Waals surface area contributed by atoms with Crippen LogP contribution in [0.3, 0.4) is 0 Å². The number of hydrogen-bond donors (Lipinski definition) is 3. The molecule has 19 heteroatoms. The number of urea groups is 1. The van der Waals surface area contributed by atoms with E-state index in [-0.39, 0.29) is 40.9 Å². The zero-order valence-corrected chi connectivity index (χ0v) is 33.5. The number of aryl methyl sites for hydroxylation is 1. The molecule has 5 aromatic rings. The molecule has 1 saturated carbocycles. The topological polar surface area (TPSA) is 213 Å². The van der Waals surface area contributed by atoms with Crippen LogP contribution in [0.25, 0.3) is 17.2 Å². The highest BCUT2D eigenvalue weighted by Crippen LogP contribution is 2.37. The van der Waals surface area contributed by atoms with E-state index < -0.39 is 18.0 Å². The second-order valence-electron chi connectivity index (χ2n) is 15.6. The van der Waals surface area contributed by atoms with Crippen molar-refractivity contribution in [3.05, 3.63) is 76.7 Å². The van der Waals surface area contributed by atoms with E-state index in [0.717, 1.165) is 48.3 Å². The molecule has 2 saturated heterocycles. The van der Waals surface area contributed by atoms with Crippen LogP contribution in [0.5, 0.6) is 0 Å². The summed E-state index contributed by atoms with van der Waals surface area (Å²) < 4.78 is 7.27. The number of benzene rings is 1. The second kappa shape index (κ2) is 16.7. The van der Waals surface area contributed by atoms with Crippen molar-refractivity contribution < 1.29 is 28.5 Å². The predicted molar refractivity (Wildman–Crippen MR) is 218 cm³/mol. The van der Waals surface area contributed by atoms with Crippen LogP contribution in [0.1, 0.15) is 91.2 Å². The Hall–Kier alpha value is -6.43. The minimum absolute atomic E-state index is 0.0362. The number of piperidine rings is 1. The number of piperazine rings is 1. The summed E-state index contributed by atoms with van der Waals surface area (Å²) in [5, 5.41) is 16.8. The number of carbonyl (C=O) groups is 5. The Morgan fingerprint density at radius 3 is 2.58 bits per heavy atom. The molecular formula is C41H43ClN12O6. The number of carbonyl (C=O) groups excluding carboxylic acids is 5. The maximum Gasteiger partial charge on any atom is 0.323 e. The van der Waals surface area contributed by atoms with Crippen molar-refractivity contribution in [2.75, 3.05) is 41.7 Å². The van der Waals surface area contributed by atoms with Crippen LogP contribution in [-0.2, 0) is 27.3 Å². The van der Waals surface area contributed by atoms with Crippen molar-refractivity contribution in [3.8, 4) is 11.5 Å². The van der Waals surface area contributed by atoms with Crippen LogP contribution in [-0.4, -0.2) is 101 Å². The molecule has 0 radical (unpaired) electrons. The van der Waals surface area contributed by atoms with Crippen LogP contribution in [0.15, 0.2) is 53.4 Å². The third-order valence-electron chi connectivity index (χ3n) is 11.8. The quantitative estimate of drug-likeness (QED) is 0.160. The molecule has 60 heavy (non-hydrogen) atoms. The number of rotatable bonds is 10. The van der Waals surface area contributed by atoms with Gasteiger partial charge in [-0.1, -0.05) is 36.0 Å². The largest absolute Gasteiger partial charge is 0.368 e. The van der Waals surface area contributed by atoms with Gasteiger partial charge in [-0.25, -0.2) is 19.3 Å². The van der Waals surface area contributed by atoms with Crippen molar-refractivity contribution >= 4 is 64.0 Å². The Labute approximate surface area is 349 Å². The first-order valence-corrected chi connectivity index (χ1v) is 20.8. The molecule has 3 fully saturated rings. The van der Waals surface area contributed by atoms with Gasteiger partial charge in [0.15, 0.2) is 5.65 Å². The molecule has 18 nitrogen and oxygen atoms in total. The first-order valence-electron chi connectivity index (χ1n) is 20.4. The Bertz CT molecular complexity index is 2490. The van der Waals surface area contributed by atoms with E-state index in [1.165, 1.54) is 12.6 Å². The van der Waals surface area contributed by atoms with Gasteiger partial charge in [-0.15, -0.1) is 0 Å². The van der Waals surface area contributed by atoms with Gasteiger partial charge in [0.05, 0.1) is 40.7 Å². The number of pyridine rings is 1. The van der Waals surface area contributed by atoms with Crippen molar-refractivity contribution in [2.24, 2.45) is 0 Å². The van der Waals surface area contributed by atoms with Crippen molar-refractivity contribution in [2.45, 2.75) is 82.7 Å². The number of aromatic nitrogens is 6. The van der Waals surface area contributed by atoms with E-state index in [0.29, 0.717) is 86.9 Å². The zero-order valence-electron chi connectivity index (χ0n) is 32.7. The number of nitrogens with one attached hydrogen (secondary N) is 3. The van der Waals surface area contributed by atoms with Crippen LogP contribution >= 0.6 is 11.6 Å². The average molecular weight is 835 g/mol. The first-order chi connectivity index (χ1) is 29.2. The number of fused-ring (bicyclic) bond motifs is 2. The summed E-state index contributed by atoms with van der Waals surface area (Å²) in [7, 11) is 0. The number of amides is 6. The highest BCUT2D eigenvalue weighted by molar-refractivity contribution is 6.33. The Kier molecular flexibility index (Phi) is 10.9. The molecule has 1 aromatic carbocycles. The fourth-order valence-electron chi connectivity index (χ4n) is 8.68. The molecule has 0 spiro atoms. The summed E-state index contributed by atoms with van der Waals surface area (Å²) in [4.78, 5) is 82.3. The molecule has 4 aromatic heterocycles. The standard InChI is InChI=1S/C41H43ClN12O6/c42-29-20-26(46-41(59)47-30-22-43-32-13-14-45-54(32)37(30)24-5-2-1-3-6-24)21-44-36(29)38-49-34(60-50-38)7-4-8-35(56)52-17-15-51(16-18-52)27-9-10-28-25(19-27)23-53(40(28)58)31-11-12-33(55)48-39(31)57/h9-10,13-14,19-22,24,31H,1-8,11-12,15-18,23H2,(H2,46,47,59)(H,48,55,57). The van der Waals surface area contributed by atoms with Gasteiger partial charge in [0.1, 0.15) is 11.7 Å². The molecule has 1 aliphatic carbocycles. The number of halogens is 1. The SMILES string of the molecule is O=C1CCC(N2Cc3cc(N4CCN(C(=O)CCCc5nc(-c6ncc(NC(=O)Nc7cnc8ccnn8c7C7CCCCC7)cc6Cl)no5)CC4)ccc3C2=O)C(=O)N1. The molecule has 6 amide bonds. The zero-order chi connectivity index (χ0) is 41.3. The van der Waals surface area contributed by atoms with E-state index in [1.807, 2.05) is 27.6 Å². The normalized spacial score (nSPS) is 18.5. The van der Waals surface area contributed by atoms with Crippen molar-refractivity contribution in [1.29, 1.82) is 0 Å². The molecule has 1 atom stereocenters. The maximum absolute atomic E-state index is 13.1. The summed E-state index contributed by atoms with van der Waals surface area (Å²) in [6.45, 7) is 2.69. The van der Waals surface area contributed by atoms with Gasteiger partial charge in [-0.3, -0.25) is 24.5 Å². The molecule has 3 aliphatic heterocycles. The summed E-state index contributed by atoms with van der Waals surface area (Å²) in [6, 6.07) is 7.97. The lowest BCUT2D eigenvalue weighted by Crippen LogP contribution is -2.52. The minimum Gasteiger partial charge on any atom is -0.368 e. The fraction of sp³-hybridized carbons (Fsp3) is 0.415. The summed E-state index contributed by atoms with van der Waals surface area (Å²) in [6.07, 6.45) is 12.1. The van der Waals surface area contributed by atoms with Crippen LogP contribution < -0.4 is 20.9 Å². The monoisotopic (exact) mass is 834 g/mol. The molecule has 1 unspecified atom stereocenters. The summed E-state index contributed by atoms with van der Waals surface area (Å²) >= 11 is 6.58. The van der Waals surface area contributed by atoms with E-state index >= 15 is 0 Å². The third-order valence-corrected chi connectivity index (χ3v) is 12.0. The Morgan fingerprint density at radius 1 is 0.950 bits per heavy atom. The lowest BCUT2D eigenvalue weighted by Gasteiger charge is -2.36. The molecule has 4 aliphatic rings. The number of hydrogen-bond acceptors (Lipinski definition) is 12. The van der Waals surface area contributed by atoms with Gasteiger partial charge in [0.25, 0.3) is 5.91 Å². The smallest absolute Gasteiger partial charge is 0.323 e. The molecule has 3 N–H and O–H groups in total. The number of imide groups is 1. The molecular weight excluding hydrogens is 792 g/mol. The molecule has 7 heterocycles. The van der Waals surface area contributed by atoms with Crippen molar-refractivity contribution in [1.82, 2.24) is 44.8 Å². The second-order valence-corrected chi connectivity index (χ2v) is 16.0. The fourth-order valence-corrected chi connectivity index (χ4v) is 8.94. The van der Waals surface area contributed by atoms with Crippen LogP contribution in [0.2, 0.25) is 5.02 Å². The molecule has 9 rings (SSSR count). The van der Waals surface area contributed by atoms with Crippen molar-refractivity contribution in [3.63, 3.8) is 0 Å². The number of anilines is 3. The van der Waals surface area contributed by atoms with Gasteiger partial charge >= 0.3 is 6.03 Å². The highest BCUT2D eigenvalue weighted by atomic mass is 35.5. The maximum atomic E-state index is 13.1. The van der Waals surface area contributed by atoms with Gasteiger partial charge in [0, 0.05) is 75.2 Å². The minimum atomic E-state index is -0.657. The van der Waals surface area contributed by atoms with Gasteiger partial charge < -0.3 is 29.9 Å². The van der Waals surface area contributed by atoms with E-state index in [9.17, 15) is 24.0 Å². The highest BCUT2D eigenvalue weighted by Gasteiger charge is 2.39. The first kappa shape index (κ1) is 39.1. The van der Waals surface area contributed by atoms with Crippen LogP contribution in [0, 0.1) is 0 Å². The van der Waals surface area contributed by atoms with E-state index in [1.54, 1.807) is 29.4 Å². The summed E-state index contributed by atoms with van der Waals surface area (Å²) in [5.41, 5.74) is 5.31. The van der Waals surface area contributed by atoms with Crippen LogP contribution in [0.4, 0.5) is 21.9 Å². The van der Waals surface area contributed by atoms with Gasteiger partial charge in [0.2, 0.25) is 29.4 Å².